The number of aromatic carboxylic acids is 1. The summed E-state index contributed by atoms with van der Waals surface area (Å²) < 4.78 is 5.37. The van der Waals surface area contributed by atoms with Crippen molar-refractivity contribution in [1.82, 2.24) is 0 Å². The molecule has 1 unspecified atom stereocenters. The molecule has 1 aliphatic carbocycles. The number of aryl methyl sites for hydroxylation is 1. The number of esters is 1. The van der Waals surface area contributed by atoms with Gasteiger partial charge in [0.15, 0.2) is 0 Å². The Morgan fingerprint density at radius 2 is 1.64 bits per heavy atom. The highest BCUT2D eigenvalue weighted by molar-refractivity contribution is 8.00. The Kier molecular flexibility index (Phi) is 10.0. The summed E-state index contributed by atoms with van der Waals surface area (Å²) in [5.41, 5.74) is 2.33. The molecule has 10 heteroatoms. The first-order valence-electron chi connectivity index (χ1n) is 14.7. The zero-order chi connectivity index (χ0) is 31.2. The normalized spacial score (nSPS) is 13.7. The summed E-state index contributed by atoms with van der Waals surface area (Å²) in [6.07, 6.45) is 6.04. The van der Waals surface area contributed by atoms with Crippen molar-refractivity contribution < 1.29 is 29.0 Å². The summed E-state index contributed by atoms with van der Waals surface area (Å²) >= 11 is 2.81. The molecule has 0 radical (unpaired) electrons. The Morgan fingerprint density at radius 3 is 2.36 bits per heavy atom. The number of carboxylic acids is 1. The van der Waals surface area contributed by atoms with Crippen LogP contribution in [0.1, 0.15) is 81.0 Å². The number of carboxylic acid groups (broad SMARTS) is 1. The number of benzene rings is 3. The fourth-order valence-corrected chi connectivity index (χ4v) is 7.66. The van der Waals surface area contributed by atoms with E-state index in [2.05, 4.69) is 10.6 Å². The number of anilines is 2. The van der Waals surface area contributed by atoms with Crippen LogP contribution in [0, 0.1) is 0 Å². The van der Waals surface area contributed by atoms with Crippen molar-refractivity contribution in [3.8, 4) is 0 Å². The van der Waals surface area contributed by atoms with Gasteiger partial charge in [0.05, 0.1) is 23.0 Å². The third-order valence-corrected chi connectivity index (χ3v) is 9.84. The molecule has 44 heavy (non-hydrogen) atoms. The maximum absolute atomic E-state index is 13.4. The van der Waals surface area contributed by atoms with Gasteiger partial charge in [-0.05, 0) is 80.8 Å². The van der Waals surface area contributed by atoms with Crippen molar-refractivity contribution >= 4 is 68.3 Å². The first-order valence-corrected chi connectivity index (χ1v) is 16.4. The number of amides is 2. The smallest absolute Gasteiger partial charge is 0.341 e. The van der Waals surface area contributed by atoms with E-state index in [4.69, 9.17) is 4.74 Å². The number of thiophene rings is 1. The van der Waals surface area contributed by atoms with Gasteiger partial charge in [-0.3, -0.25) is 9.59 Å². The van der Waals surface area contributed by atoms with Crippen molar-refractivity contribution in [1.29, 1.82) is 0 Å². The topological polar surface area (TPSA) is 122 Å². The fourth-order valence-electron chi connectivity index (χ4n) is 5.45. The minimum Gasteiger partial charge on any atom is -0.478 e. The Hall–Kier alpha value is -4.15. The standard InChI is InChI=1S/C34H34N2O6S2/c1-3-42-34(41)29-24-15-6-4-5-7-18-27(24)44-32(29)36-30(37)20(2)43-23-14-10-13-22(19-23)35-31(38)25-16-8-11-21-12-9-17-26(28(21)25)33(39)40/h8-14,16-17,19-20H,3-7,15,18H2,1-2H3,(H,35,38)(H,36,37)(H,39,40). The number of thioether (sulfide) groups is 1. The Morgan fingerprint density at radius 1 is 0.932 bits per heavy atom. The third kappa shape index (κ3) is 6.97. The van der Waals surface area contributed by atoms with E-state index in [0.29, 0.717) is 27.0 Å². The van der Waals surface area contributed by atoms with Crippen LogP contribution in [-0.4, -0.2) is 40.7 Å². The highest BCUT2D eigenvalue weighted by Crippen LogP contribution is 2.38. The first kappa shape index (κ1) is 31.3. The largest absolute Gasteiger partial charge is 0.478 e. The van der Waals surface area contributed by atoms with Gasteiger partial charge in [-0.2, -0.15) is 0 Å². The van der Waals surface area contributed by atoms with Crippen LogP contribution < -0.4 is 10.6 Å². The summed E-state index contributed by atoms with van der Waals surface area (Å²) in [4.78, 5) is 53.4. The summed E-state index contributed by atoms with van der Waals surface area (Å²) in [6, 6.07) is 17.1. The van der Waals surface area contributed by atoms with Crippen molar-refractivity contribution in [2.75, 3.05) is 17.2 Å². The minimum atomic E-state index is -1.11. The molecule has 0 saturated carbocycles. The summed E-state index contributed by atoms with van der Waals surface area (Å²) in [7, 11) is 0. The van der Waals surface area contributed by atoms with E-state index in [1.165, 1.54) is 29.2 Å². The van der Waals surface area contributed by atoms with Crippen molar-refractivity contribution in [2.24, 2.45) is 0 Å². The summed E-state index contributed by atoms with van der Waals surface area (Å²) in [6.45, 7) is 3.83. The van der Waals surface area contributed by atoms with E-state index in [-0.39, 0.29) is 23.6 Å². The van der Waals surface area contributed by atoms with Gasteiger partial charge in [-0.15, -0.1) is 23.1 Å². The molecule has 1 atom stereocenters. The van der Waals surface area contributed by atoms with Crippen LogP contribution >= 0.6 is 23.1 Å². The molecule has 8 nitrogen and oxygen atoms in total. The molecule has 0 spiro atoms. The zero-order valence-corrected chi connectivity index (χ0v) is 26.2. The number of carbonyl (C=O) groups excluding carboxylic acids is 3. The molecular formula is C34H34N2O6S2. The van der Waals surface area contributed by atoms with E-state index in [1.807, 2.05) is 6.07 Å². The molecular weight excluding hydrogens is 597 g/mol. The second kappa shape index (κ2) is 14.1. The van der Waals surface area contributed by atoms with Gasteiger partial charge in [-0.1, -0.05) is 43.2 Å². The minimum absolute atomic E-state index is 0.0567. The Balaban J connectivity index is 1.31. The lowest BCUT2D eigenvalue weighted by Gasteiger charge is -2.14. The highest BCUT2D eigenvalue weighted by Gasteiger charge is 2.27. The number of nitrogens with one attached hydrogen (secondary N) is 2. The second-order valence-electron chi connectivity index (χ2n) is 10.6. The predicted octanol–water partition coefficient (Wildman–Crippen LogP) is 7.81. The maximum atomic E-state index is 13.4. The number of hydrogen-bond acceptors (Lipinski definition) is 7. The van der Waals surface area contributed by atoms with Crippen LogP contribution in [0.4, 0.5) is 10.7 Å². The lowest BCUT2D eigenvalue weighted by Crippen LogP contribution is -2.23. The van der Waals surface area contributed by atoms with Crippen LogP contribution in [0.15, 0.2) is 65.6 Å². The third-order valence-electron chi connectivity index (χ3n) is 7.54. The van der Waals surface area contributed by atoms with Gasteiger partial charge in [0.1, 0.15) is 5.00 Å². The lowest BCUT2D eigenvalue weighted by atomic mass is 9.96. The van der Waals surface area contributed by atoms with Crippen molar-refractivity contribution in [3.63, 3.8) is 0 Å². The van der Waals surface area contributed by atoms with Gasteiger partial charge < -0.3 is 20.5 Å². The molecule has 4 aromatic rings. The van der Waals surface area contributed by atoms with Crippen LogP contribution in [0.25, 0.3) is 10.8 Å². The molecule has 1 aliphatic rings. The molecule has 2 amide bonds. The van der Waals surface area contributed by atoms with Crippen LogP contribution in [0.5, 0.6) is 0 Å². The molecule has 0 aliphatic heterocycles. The Bertz CT molecular complexity index is 1730. The van der Waals surface area contributed by atoms with Gasteiger partial charge in [0, 0.05) is 26.4 Å². The molecule has 0 saturated heterocycles. The molecule has 3 aromatic carbocycles. The summed E-state index contributed by atoms with van der Waals surface area (Å²) in [5, 5.41) is 16.6. The van der Waals surface area contributed by atoms with Gasteiger partial charge in [-0.25, -0.2) is 9.59 Å². The molecule has 228 valence electrons. The van der Waals surface area contributed by atoms with E-state index in [0.717, 1.165) is 53.9 Å². The van der Waals surface area contributed by atoms with Crippen molar-refractivity contribution in [3.05, 3.63) is 87.8 Å². The predicted molar refractivity (Wildman–Crippen MR) is 175 cm³/mol. The van der Waals surface area contributed by atoms with Gasteiger partial charge in [0.2, 0.25) is 5.91 Å². The zero-order valence-electron chi connectivity index (χ0n) is 24.6. The summed E-state index contributed by atoms with van der Waals surface area (Å²) in [5.74, 6) is -2.17. The molecule has 0 fully saturated rings. The number of hydrogen-bond donors (Lipinski definition) is 3. The molecule has 3 N–H and O–H groups in total. The van der Waals surface area contributed by atoms with E-state index >= 15 is 0 Å². The lowest BCUT2D eigenvalue weighted by molar-refractivity contribution is -0.115. The second-order valence-corrected chi connectivity index (χ2v) is 13.1. The van der Waals surface area contributed by atoms with Gasteiger partial charge >= 0.3 is 11.9 Å². The number of carbonyl (C=O) groups is 4. The highest BCUT2D eigenvalue weighted by atomic mass is 32.2. The molecule has 5 rings (SSSR count). The first-order chi connectivity index (χ1) is 21.3. The molecule has 1 heterocycles. The average molecular weight is 631 g/mol. The number of fused-ring (bicyclic) bond motifs is 2. The van der Waals surface area contributed by atoms with E-state index in [1.54, 1.807) is 62.4 Å². The molecule has 1 aromatic heterocycles. The SMILES string of the molecule is CCOC(=O)c1c(NC(=O)C(C)Sc2cccc(NC(=O)c3cccc4cccc(C(=O)O)c34)c2)sc2c1CCCCCC2. The average Bonchev–Trinajstić information content (AvgIpc) is 3.32. The van der Waals surface area contributed by atoms with E-state index in [9.17, 15) is 24.3 Å². The van der Waals surface area contributed by atoms with E-state index < -0.39 is 23.1 Å². The van der Waals surface area contributed by atoms with Crippen LogP contribution in [-0.2, 0) is 22.4 Å². The maximum Gasteiger partial charge on any atom is 0.341 e. The van der Waals surface area contributed by atoms with Crippen LogP contribution in [0.2, 0.25) is 0 Å². The molecule has 0 bridgehead atoms. The van der Waals surface area contributed by atoms with Crippen molar-refractivity contribution in [2.45, 2.75) is 62.5 Å². The number of ether oxygens (including phenoxy) is 1. The fraction of sp³-hybridized carbons (Fsp3) is 0.294. The quantitative estimate of drug-likeness (QED) is 0.127. The Labute approximate surface area is 264 Å². The number of rotatable bonds is 9. The monoisotopic (exact) mass is 630 g/mol. The van der Waals surface area contributed by atoms with Crippen LogP contribution in [0.3, 0.4) is 0 Å². The van der Waals surface area contributed by atoms with Gasteiger partial charge in [0.25, 0.3) is 5.91 Å².